The largest absolute Gasteiger partial charge is 0.298 e. The van der Waals surface area contributed by atoms with Gasteiger partial charge in [0.2, 0.25) is 0 Å². The monoisotopic (exact) mass is 327 g/mol. The summed E-state index contributed by atoms with van der Waals surface area (Å²) in [4.78, 5) is 20.5. The maximum Gasteiger partial charge on any atom is 0.259 e. The molecule has 0 bridgehead atoms. The number of carbonyl (C=O) groups is 1. The second-order valence-corrected chi connectivity index (χ2v) is 5.99. The lowest BCUT2D eigenvalue weighted by Gasteiger charge is -2.05. The lowest BCUT2D eigenvalue weighted by atomic mass is 10.1. The number of carbonyl (C=O) groups excluding carboxylic acids is 1. The molecular weight excluding hydrogens is 313 g/mol. The van der Waals surface area contributed by atoms with Gasteiger partial charge in [-0.2, -0.15) is 0 Å². The van der Waals surface area contributed by atoms with E-state index < -0.39 is 0 Å². The number of aromatic nitrogens is 2. The molecule has 4 nitrogen and oxygen atoms in total. The molecule has 3 aromatic rings. The maximum atomic E-state index is 13.2. The minimum Gasteiger partial charge on any atom is -0.298 e. The van der Waals surface area contributed by atoms with Crippen molar-refractivity contribution in [3.05, 3.63) is 76.3 Å². The molecule has 116 valence electrons. The summed E-state index contributed by atoms with van der Waals surface area (Å²) in [7, 11) is 0. The van der Waals surface area contributed by atoms with Gasteiger partial charge in [0, 0.05) is 17.8 Å². The van der Waals surface area contributed by atoms with Gasteiger partial charge in [-0.25, -0.2) is 9.37 Å². The highest BCUT2D eigenvalue weighted by atomic mass is 32.1. The van der Waals surface area contributed by atoms with E-state index in [2.05, 4.69) is 15.3 Å². The highest BCUT2D eigenvalue weighted by Gasteiger charge is 2.10. The first kappa shape index (κ1) is 15.3. The van der Waals surface area contributed by atoms with Crippen LogP contribution in [-0.2, 0) is 6.42 Å². The SMILES string of the molecule is Cc1csc(NC(=O)c2cncc(Cc3cccc(F)c3)c2)n1. The van der Waals surface area contributed by atoms with E-state index in [9.17, 15) is 9.18 Å². The summed E-state index contributed by atoms with van der Waals surface area (Å²) >= 11 is 1.38. The normalized spacial score (nSPS) is 10.5. The Morgan fingerprint density at radius 1 is 1.26 bits per heavy atom. The smallest absolute Gasteiger partial charge is 0.259 e. The minimum absolute atomic E-state index is 0.257. The molecule has 0 spiro atoms. The molecule has 1 N–H and O–H groups in total. The van der Waals surface area contributed by atoms with Crippen molar-refractivity contribution in [3.8, 4) is 0 Å². The molecule has 0 aliphatic heterocycles. The van der Waals surface area contributed by atoms with Gasteiger partial charge in [-0.05, 0) is 42.7 Å². The first-order valence-corrected chi connectivity index (χ1v) is 7.90. The van der Waals surface area contributed by atoms with Crippen LogP contribution in [0.25, 0.3) is 0 Å². The molecule has 1 amide bonds. The van der Waals surface area contributed by atoms with E-state index >= 15 is 0 Å². The molecule has 0 atom stereocenters. The Bertz CT molecular complexity index is 847. The fraction of sp³-hybridized carbons (Fsp3) is 0.118. The third-order valence-corrected chi connectivity index (χ3v) is 4.07. The minimum atomic E-state index is -0.275. The standard InChI is InChI=1S/C17H14FN3OS/c1-11-10-23-17(20-11)21-16(22)14-6-13(8-19-9-14)5-12-3-2-4-15(18)7-12/h2-4,6-10H,5H2,1H3,(H,20,21,22). The molecule has 0 aliphatic rings. The number of hydrogen-bond donors (Lipinski definition) is 1. The van der Waals surface area contributed by atoms with Crippen LogP contribution < -0.4 is 5.32 Å². The Morgan fingerprint density at radius 3 is 2.87 bits per heavy atom. The first-order valence-electron chi connectivity index (χ1n) is 7.02. The second kappa shape index (κ2) is 6.66. The van der Waals surface area contributed by atoms with E-state index in [1.165, 1.54) is 29.7 Å². The molecule has 6 heteroatoms. The third kappa shape index (κ3) is 3.98. The molecule has 0 saturated heterocycles. The van der Waals surface area contributed by atoms with Crippen molar-refractivity contribution >= 4 is 22.4 Å². The molecule has 2 aromatic heterocycles. The van der Waals surface area contributed by atoms with Crippen molar-refractivity contribution in [1.82, 2.24) is 9.97 Å². The van der Waals surface area contributed by atoms with Gasteiger partial charge in [-0.3, -0.25) is 15.1 Å². The molecular formula is C17H14FN3OS. The number of benzene rings is 1. The molecule has 0 saturated carbocycles. The van der Waals surface area contributed by atoms with E-state index in [0.717, 1.165) is 16.8 Å². The van der Waals surface area contributed by atoms with Gasteiger partial charge in [0.15, 0.2) is 5.13 Å². The molecule has 3 rings (SSSR count). The Balaban J connectivity index is 1.75. The fourth-order valence-corrected chi connectivity index (χ4v) is 2.85. The van der Waals surface area contributed by atoms with E-state index in [-0.39, 0.29) is 11.7 Å². The topological polar surface area (TPSA) is 54.9 Å². The van der Waals surface area contributed by atoms with Crippen molar-refractivity contribution in [2.45, 2.75) is 13.3 Å². The number of anilines is 1. The molecule has 2 heterocycles. The zero-order valence-electron chi connectivity index (χ0n) is 12.4. The van der Waals surface area contributed by atoms with Crippen LogP contribution in [0.15, 0.2) is 48.1 Å². The van der Waals surface area contributed by atoms with Gasteiger partial charge in [0.1, 0.15) is 5.82 Å². The summed E-state index contributed by atoms with van der Waals surface area (Å²) in [5.41, 5.74) is 2.99. The Labute approximate surface area is 137 Å². The lowest BCUT2D eigenvalue weighted by Crippen LogP contribution is -2.12. The zero-order chi connectivity index (χ0) is 16.2. The van der Waals surface area contributed by atoms with Gasteiger partial charge in [-0.15, -0.1) is 11.3 Å². The van der Waals surface area contributed by atoms with Crippen molar-refractivity contribution in [2.75, 3.05) is 5.32 Å². The number of nitrogens with one attached hydrogen (secondary N) is 1. The highest BCUT2D eigenvalue weighted by Crippen LogP contribution is 2.16. The van der Waals surface area contributed by atoms with E-state index in [4.69, 9.17) is 0 Å². The summed E-state index contributed by atoms with van der Waals surface area (Å²) in [5, 5.41) is 5.18. The molecule has 0 aliphatic carbocycles. The molecule has 0 radical (unpaired) electrons. The number of hydrogen-bond acceptors (Lipinski definition) is 4. The number of pyridine rings is 1. The Hall–Kier alpha value is -2.60. The molecule has 23 heavy (non-hydrogen) atoms. The predicted octanol–water partition coefficient (Wildman–Crippen LogP) is 3.83. The van der Waals surface area contributed by atoms with Gasteiger partial charge in [0.25, 0.3) is 5.91 Å². The van der Waals surface area contributed by atoms with Crippen molar-refractivity contribution < 1.29 is 9.18 Å². The summed E-state index contributed by atoms with van der Waals surface area (Å²) < 4.78 is 13.2. The number of aryl methyl sites for hydroxylation is 1. The van der Waals surface area contributed by atoms with E-state index in [0.29, 0.717) is 17.1 Å². The molecule has 1 aromatic carbocycles. The van der Waals surface area contributed by atoms with Crippen LogP contribution in [0.3, 0.4) is 0 Å². The quantitative estimate of drug-likeness (QED) is 0.792. The number of rotatable bonds is 4. The van der Waals surface area contributed by atoms with Gasteiger partial charge in [0.05, 0.1) is 11.3 Å². The first-order chi connectivity index (χ1) is 11.1. The number of amides is 1. The summed E-state index contributed by atoms with van der Waals surface area (Å²) in [5.74, 6) is -0.531. The van der Waals surface area contributed by atoms with Crippen LogP contribution in [-0.4, -0.2) is 15.9 Å². The number of halogens is 1. The Morgan fingerprint density at radius 2 is 2.13 bits per heavy atom. The summed E-state index contributed by atoms with van der Waals surface area (Å²) in [6.07, 6.45) is 3.70. The summed E-state index contributed by atoms with van der Waals surface area (Å²) in [6, 6.07) is 8.15. The maximum absolute atomic E-state index is 13.2. The fourth-order valence-electron chi connectivity index (χ4n) is 2.17. The Kier molecular flexibility index (Phi) is 4.43. The average Bonchev–Trinajstić information content (AvgIpc) is 2.92. The van der Waals surface area contributed by atoms with E-state index in [1.807, 2.05) is 18.4 Å². The van der Waals surface area contributed by atoms with Crippen LogP contribution in [0.4, 0.5) is 9.52 Å². The average molecular weight is 327 g/mol. The lowest BCUT2D eigenvalue weighted by molar-refractivity contribution is 0.102. The highest BCUT2D eigenvalue weighted by molar-refractivity contribution is 7.13. The molecule has 0 fully saturated rings. The third-order valence-electron chi connectivity index (χ3n) is 3.19. The van der Waals surface area contributed by atoms with Gasteiger partial charge < -0.3 is 0 Å². The van der Waals surface area contributed by atoms with Crippen LogP contribution in [0.1, 0.15) is 27.2 Å². The predicted molar refractivity (Wildman–Crippen MR) is 88.2 cm³/mol. The van der Waals surface area contributed by atoms with Crippen molar-refractivity contribution in [1.29, 1.82) is 0 Å². The van der Waals surface area contributed by atoms with E-state index in [1.54, 1.807) is 18.3 Å². The van der Waals surface area contributed by atoms with Crippen LogP contribution in [0.2, 0.25) is 0 Å². The van der Waals surface area contributed by atoms with Crippen LogP contribution in [0.5, 0.6) is 0 Å². The summed E-state index contributed by atoms with van der Waals surface area (Å²) in [6.45, 7) is 1.87. The second-order valence-electron chi connectivity index (χ2n) is 5.14. The number of nitrogens with zero attached hydrogens (tertiary/aromatic N) is 2. The van der Waals surface area contributed by atoms with Crippen molar-refractivity contribution in [2.24, 2.45) is 0 Å². The zero-order valence-corrected chi connectivity index (χ0v) is 13.2. The molecule has 0 unspecified atom stereocenters. The van der Waals surface area contributed by atoms with Gasteiger partial charge in [-0.1, -0.05) is 12.1 Å². The van der Waals surface area contributed by atoms with Crippen LogP contribution in [0, 0.1) is 12.7 Å². The van der Waals surface area contributed by atoms with Crippen LogP contribution >= 0.6 is 11.3 Å². The number of thiazole rings is 1. The van der Waals surface area contributed by atoms with Crippen molar-refractivity contribution in [3.63, 3.8) is 0 Å². The van der Waals surface area contributed by atoms with Gasteiger partial charge >= 0.3 is 0 Å².